The first-order valence-electron chi connectivity index (χ1n) is 3.60. The third-order valence-corrected chi connectivity index (χ3v) is 2.25. The summed E-state index contributed by atoms with van der Waals surface area (Å²) in [5.74, 6) is 0. The van der Waals surface area contributed by atoms with Gasteiger partial charge in [-0.15, -0.1) is 0 Å². The molecule has 1 nitrogen and oxygen atoms in total. The van der Waals surface area contributed by atoms with Crippen LogP contribution in [0.3, 0.4) is 0 Å². The van der Waals surface area contributed by atoms with Crippen LogP contribution in [0, 0.1) is 0 Å². The highest BCUT2D eigenvalue weighted by Crippen LogP contribution is 2.31. The minimum absolute atomic E-state index is 0.661. The molecule has 0 amide bonds. The summed E-state index contributed by atoms with van der Waals surface area (Å²) in [5, 5.41) is 0. The standard InChI is InChI=1S/C7H12O/c1-2-6-4-5-7(3-1)8-6/h6-7H,1-5H2/t6-,7?/m0/s1. The zero-order chi connectivity index (χ0) is 5.40. The molecule has 0 radical (unpaired) electrons. The zero-order valence-electron chi connectivity index (χ0n) is 5.10. The van der Waals surface area contributed by atoms with Crippen molar-refractivity contribution >= 4 is 0 Å². The molecule has 1 unspecified atom stereocenters. The van der Waals surface area contributed by atoms with Gasteiger partial charge >= 0.3 is 0 Å². The summed E-state index contributed by atoms with van der Waals surface area (Å²) in [7, 11) is 0. The molecule has 2 atom stereocenters. The molecular formula is C7H12O. The lowest BCUT2D eigenvalue weighted by atomic mass is 10.1. The van der Waals surface area contributed by atoms with Crippen LogP contribution in [0.5, 0.6) is 0 Å². The van der Waals surface area contributed by atoms with Crippen LogP contribution < -0.4 is 0 Å². The normalized spacial score (nSPS) is 45.0. The molecular weight excluding hydrogens is 100 g/mol. The summed E-state index contributed by atoms with van der Waals surface area (Å²) < 4.78 is 5.60. The highest BCUT2D eigenvalue weighted by Gasteiger charge is 2.28. The van der Waals surface area contributed by atoms with Gasteiger partial charge in [0.05, 0.1) is 12.2 Å². The SMILES string of the molecule is C1CC2CC[C@H](C1)O2. The van der Waals surface area contributed by atoms with E-state index in [9.17, 15) is 0 Å². The molecule has 2 aliphatic rings. The third-order valence-electron chi connectivity index (χ3n) is 2.25. The molecule has 0 saturated carbocycles. The molecule has 8 heavy (non-hydrogen) atoms. The highest BCUT2D eigenvalue weighted by atomic mass is 16.5. The number of ether oxygens (including phenoxy) is 1. The first kappa shape index (κ1) is 4.80. The fourth-order valence-corrected chi connectivity index (χ4v) is 1.78. The number of hydrogen-bond acceptors (Lipinski definition) is 1. The van der Waals surface area contributed by atoms with Crippen molar-refractivity contribution < 1.29 is 4.74 Å². The van der Waals surface area contributed by atoms with E-state index in [1.54, 1.807) is 0 Å². The quantitative estimate of drug-likeness (QED) is 0.463. The second-order valence-electron chi connectivity index (χ2n) is 2.89. The van der Waals surface area contributed by atoms with Crippen LogP contribution >= 0.6 is 0 Å². The second-order valence-corrected chi connectivity index (χ2v) is 2.89. The summed E-state index contributed by atoms with van der Waals surface area (Å²) in [6.07, 6.45) is 8.07. The maximum atomic E-state index is 5.60. The van der Waals surface area contributed by atoms with Gasteiger partial charge in [0.15, 0.2) is 0 Å². The van der Waals surface area contributed by atoms with Crippen LogP contribution in [0.15, 0.2) is 0 Å². The van der Waals surface area contributed by atoms with E-state index in [1.165, 1.54) is 32.1 Å². The van der Waals surface area contributed by atoms with E-state index in [0.29, 0.717) is 12.2 Å². The Morgan fingerprint density at radius 2 is 1.50 bits per heavy atom. The summed E-state index contributed by atoms with van der Waals surface area (Å²) in [6, 6.07) is 0. The van der Waals surface area contributed by atoms with Crippen molar-refractivity contribution in [1.82, 2.24) is 0 Å². The number of rotatable bonds is 0. The molecule has 0 spiro atoms. The first-order chi connectivity index (χ1) is 3.95. The Morgan fingerprint density at radius 1 is 0.875 bits per heavy atom. The van der Waals surface area contributed by atoms with Crippen LogP contribution in [0.1, 0.15) is 32.1 Å². The van der Waals surface area contributed by atoms with Gasteiger partial charge in [-0.1, -0.05) is 0 Å². The molecule has 0 aliphatic carbocycles. The molecule has 2 aliphatic heterocycles. The Balaban J connectivity index is 2.03. The molecule has 0 N–H and O–H groups in total. The van der Waals surface area contributed by atoms with E-state index in [2.05, 4.69) is 0 Å². The van der Waals surface area contributed by atoms with Crippen molar-refractivity contribution in [3.63, 3.8) is 0 Å². The highest BCUT2D eigenvalue weighted by molar-refractivity contribution is 4.78. The molecule has 0 aromatic carbocycles. The van der Waals surface area contributed by atoms with Crippen molar-refractivity contribution in [1.29, 1.82) is 0 Å². The van der Waals surface area contributed by atoms with Gasteiger partial charge in [0, 0.05) is 0 Å². The Kier molecular flexibility index (Phi) is 1.04. The molecule has 2 fully saturated rings. The van der Waals surface area contributed by atoms with Crippen molar-refractivity contribution in [2.75, 3.05) is 0 Å². The van der Waals surface area contributed by atoms with E-state index in [1.807, 2.05) is 0 Å². The zero-order valence-corrected chi connectivity index (χ0v) is 5.10. The predicted octanol–water partition coefficient (Wildman–Crippen LogP) is 1.72. The average molecular weight is 112 g/mol. The van der Waals surface area contributed by atoms with Gasteiger partial charge in [-0.05, 0) is 32.1 Å². The van der Waals surface area contributed by atoms with Crippen molar-refractivity contribution in [3.8, 4) is 0 Å². The lowest BCUT2D eigenvalue weighted by molar-refractivity contribution is 0.00575. The maximum Gasteiger partial charge on any atom is 0.0579 e. The van der Waals surface area contributed by atoms with E-state index in [4.69, 9.17) is 4.74 Å². The molecule has 0 aromatic rings. The van der Waals surface area contributed by atoms with Crippen molar-refractivity contribution in [2.45, 2.75) is 44.3 Å². The van der Waals surface area contributed by atoms with E-state index < -0.39 is 0 Å². The fraction of sp³-hybridized carbons (Fsp3) is 1.00. The van der Waals surface area contributed by atoms with Gasteiger partial charge in [0.2, 0.25) is 0 Å². The van der Waals surface area contributed by atoms with E-state index in [0.717, 1.165) is 0 Å². The summed E-state index contributed by atoms with van der Waals surface area (Å²) in [4.78, 5) is 0. The molecule has 2 heterocycles. The molecule has 2 saturated heterocycles. The molecule has 2 bridgehead atoms. The van der Waals surface area contributed by atoms with Crippen LogP contribution in [0.25, 0.3) is 0 Å². The molecule has 46 valence electrons. The van der Waals surface area contributed by atoms with E-state index in [-0.39, 0.29) is 0 Å². The van der Waals surface area contributed by atoms with E-state index >= 15 is 0 Å². The Morgan fingerprint density at radius 3 is 2.00 bits per heavy atom. The first-order valence-corrected chi connectivity index (χ1v) is 3.60. The molecule has 1 heteroatoms. The smallest absolute Gasteiger partial charge is 0.0579 e. The van der Waals surface area contributed by atoms with Gasteiger partial charge < -0.3 is 4.74 Å². The lowest BCUT2D eigenvalue weighted by Gasteiger charge is -2.18. The fourth-order valence-electron chi connectivity index (χ4n) is 1.78. The van der Waals surface area contributed by atoms with Gasteiger partial charge in [0.25, 0.3) is 0 Å². The Bertz CT molecular complexity index is 76.4. The minimum atomic E-state index is 0.661. The third kappa shape index (κ3) is 0.655. The maximum absolute atomic E-state index is 5.60. The Labute approximate surface area is 50.0 Å². The summed E-state index contributed by atoms with van der Waals surface area (Å²) >= 11 is 0. The van der Waals surface area contributed by atoms with Crippen molar-refractivity contribution in [3.05, 3.63) is 0 Å². The average Bonchev–Trinajstić information content (AvgIpc) is 2.12. The van der Waals surface area contributed by atoms with Crippen LogP contribution in [-0.4, -0.2) is 12.2 Å². The largest absolute Gasteiger partial charge is 0.375 e. The monoisotopic (exact) mass is 112 g/mol. The summed E-state index contributed by atoms with van der Waals surface area (Å²) in [5.41, 5.74) is 0. The van der Waals surface area contributed by atoms with Crippen LogP contribution in [0.4, 0.5) is 0 Å². The summed E-state index contributed by atoms with van der Waals surface area (Å²) in [6.45, 7) is 0. The van der Waals surface area contributed by atoms with Crippen LogP contribution in [-0.2, 0) is 4.74 Å². The van der Waals surface area contributed by atoms with Crippen molar-refractivity contribution in [2.24, 2.45) is 0 Å². The topological polar surface area (TPSA) is 9.23 Å². The van der Waals surface area contributed by atoms with Gasteiger partial charge in [-0.25, -0.2) is 0 Å². The second kappa shape index (κ2) is 1.73. The molecule has 2 rings (SSSR count). The predicted molar refractivity (Wildman–Crippen MR) is 31.7 cm³/mol. The Hall–Kier alpha value is -0.0400. The van der Waals surface area contributed by atoms with Gasteiger partial charge in [-0.2, -0.15) is 0 Å². The minimum Gasteiger partial charge on any atom is -0.375 e. The van der Waals surface area contributed by atoms with Gasteiger partial charge in [0.1, 0.15) is 0 Å². The number of hydrogen-bond donors (Lipinski definition) is 0. The lowest BCUT2D eigenvalue weighted by Crippen LogP contribution is -2.16. The van der Waals surface area contributed by atoms with Crippen LogP contribution in [0.2, 0.25) is 0 Å². The van der Waals surface area contributed by atoms with Gasteiger partial charge in [-0.3, -0.25) is 0 Å². The molecule has 0 aromatic heterocycles. The number of fused-ring (bicyclic) bond motifs is 2.